The minimum atomic E-state index is -0.126. The van der Waals surface area contributed by atoms with Crippen LogP contribution in [0.25, 0.3) is 0 Å². The number of hydrogen-bond acceptors (Lipinski definition) is 4. The lowest BCUT2D eigenvalue weighted by molar-refractivity contribution is -0.116. The molecule has 2 aromatic rings. The van der Waals surface area contributed by atoms with E-state index in [0.717, 1.165) is 28.7 Å². The van der Waals surface area contributed by atoms with Gasteiger partial charge in [0.25, 0.3) is 0 Å². The maximum atomic E-state index is 12.1. The van der Waals surface area contributed by atoms with Crippen LogP contribution >= 0.6 is 0 Å². The lowest BCUT2D eigenvalue weighted by Gasteiger charge is -2.13. The van der Waals surface area contributed by atoms with Gasteiger partial charge >= 0.3 is 0 Å². The SMILES string of the molecule is Cc1nc(C(C)(C)C)oc1CCC(=O)Nc1ccc(N(C)C)cc1. The topological polar surface area (TPSA) is 58.4 Å². The molecule has 0 aliphatic rings. The Labute approximate surface area is 144 Å². The van der Waals surface area contributed by atoms with Gasteiger partial charge in [-0.25, -0.2) is 4.98 Å². The maximum absolute atomic E-state index is 12.1. The summed E-state index contributed by atoms with van der Waals surface area (Å²) in [7, 11) is 3.97. The predicted molar refractivity (Wildman–Crippen MR) is 97.7 cm³/mol. The van der Waals surface area contributed by atoms with E-state index in [1.54, 1.807) is 0 Å². The molecule has 5 heteroatoms. The zero-order chi connectivity index (χ0) is 17.9. The summed E-state index contributed by atoms with van der Waals surface area (Å²) < 4.78 is 5.82. The fourth-order valence-electron chi connectivity index (χ4n) is 2.27. The van der Waals surface area contributed by atoms with Crippen LogP contribution in [0.3, 0.4) is 0 Å². The Hall–Kier alpha value is -2.30. The number of nitrogens with one attached hydrogen (secondary N) is 1. The second-order valence-corrected chi connectivity index (χ2v) is 7.27. The lowest BCUT2D eigenvalue weighted by Crippen LogP contribution is -2.13. The summed E-state index contributed by atoms with van der Waals surface area (Å²) >= 11 is 0. The molecule has 24 heavy (non-hydrogen) atoms. The summed E-state index contributed by atoms with van der Waals surface area (Å²) in [6, 6.07) is 7.77. The van der Waals surface area contributed by atoms with Crippen LogP contribution < -0.4 is 10.2 Å². The lowest BCUT2D eigenvalue weighted by atomic mass is 9.97. The van der Waals surface area contributed by atoms with Crippen LogP contribution in [0.2, 0.25) is 0 Å². The van der Waals surface area contributed by atoms with Crippen LogP contribution in [0.15, 0.2) is 28.7 Å². The molecule has 1 aromatic heterocycles. The Kier molecular flexibility index (Phi) is 5.32. The molecule has 0 fully saturated rings. The number of benzene rings is 1. The maximum Gasteiger partial charge on any atom is 0.224 e. The minimum absolute atomic E-state index is 0.0271. The third kappa shape index (κ3) is 4.60. The average Bonchev–Trinajstić information content (AvgIpc) is 2.87. The number of aromatic nitrogens is 1. The number of rotatable bonds is 5. The molecule has 0 aliphatic carbocycles. The first kappa shape index (κ1) is 18.0. The molecule has 0 unspecified atom stereocenters. The van der Waals surface area contributed by atoms with Gasteiger partial charge in [0, 0.05) is 43.7 Å². The molecule has 5 nitrogen and oxygen atoms in total. The van der Waals surface area contributed by atoms with Gasteiger partial charge in [0.05, 0.1) is 5.69 Å². The van der Waals surface area contributed by atoms with E-state index in [0.29, 0.717) is 12.8 Å². The van der Waals surface area contributed by atoms with Gasteiger partial charge in [0.1, 0.15) is 5.76 Å². The number of anilines is 2. The monoisotopic (exact) mass is 329 g/mol. The van der Waals surface area contributed by atoms with Gasteiger partial charge in [-0.05, 0) is 31.2 Å². The molecule has 0 saturated heterocycles. The van der Waals surface area contributed by atoms with Crippen molar-refractivity contribution < 1.29 is 9.21 Å². The largest absolute Gasteiger partial charge is 0.445 e. The third-order valence-electron chi connectivity index (χ3n) is 3.78. The van der Waals surface area contributed by atoms with Crippen molar-refractivity contribution in [3.8, 4) is 0 Å². The molecule has 1 aromatic carbocycles. The highest BCUT2D eigenvalue weighted by molar-refractivity contribution is 5.91. The number of carbonyl (C=O) groups excluding carboxylic acids is 1. The molecule has 1 heterocycles. The van der Waals surface area contributed by atoms with Crippen LogP contribution in [0, 0.1) is 6.92 Å². The molecule has 1 N–H and O–H groups in total. The zero-order valence-corrected chi connectivity index (χ0v) is 15.4. The average molecular weight is 329 g/mol. The Balaban J connectivity index is 1.92. The smallest absolute Gasteiger partial charge is 0.224 e. The Morgan fingerprint density at radius 1 is 1.21 bits per heavy atom. The van der Waals surface area contributed by atoms with Gasteiger partial charge in [-0.15, -0.1) is 0 Å². The highest BCUT2D eigenvalue weighted by atomic mass is 16.4. The summed E-state index contributed by atoms with van der Waals surface area (Å²) in [5.74, 6) is 1.48. The van der Waals surface area contributed by atoms with Crippen LogP contribution in [0.5, 0.6) is 0 Å². The van der Waals surface area contributed by atoms with E-state index >= 15 is 0 Å². The van der Waals surface area contributed by atoms with Crippen LogP contribution in [-0.4, -0.2) is 25.0 Å². The third-order valence-corrected chi connectivity index (χ3v) is 3.78. The van der Waals surface area contributed by atoms with Gasteiger partial charge in [-0.1, -0.05) is 20.8 Å². The van der Waals surface area contributed by atoms with E-state index in [1.807, 2.05) is 50.2 Å². The van der Waals surface area contributed by atoms with E-state index < -0.39 is 0 Å². The number of oxazole rings is 1. The fraction of sp³-hybridized carbons (Fsp3) is 0.474. The molecule has 2 rings (SSSR count). The number of hydrogen-bond donors (Lipinski definition) is 1. The second-order valence-electron chi connectivity index (χ2n) is 7.27. The van der Waals surface area contributed by atoms with Crippen LogP contribution in [0.1, 0.15) is 44.5 Å². The van der Waals surface area contributed by atoms with Crippen molar-refractivity contribution in [2.45, 2.75) is 46.0 Å². The van der Waals surface area contributed by atoms with Gasteiger partial charge < -0.3 is 14.6 Å². The van der Waals surface area contributed by atoms with Crippen molar-refractivity contribution in [1.82, 2.24) is 4.98 Å². The molecule has 130 valence electrons. The van der Waals surface area contributed by atoms with E-state index in [2.05, 4.69) is 31.1 Å². The van der Waals surface area contributed by atoms with E-state index in [4.69, 9.17) is 4.42 Å². The minimum Gasteiger partial charge on any atom is -0.445 e. The van der Waals surface area contributed by atoms with Gasteiger partial charge in [0.2, 0.25) is 5.91 Å². The van der Waals surface area contributed by atoms with Gasteiger partial charge in [-0.3, -0.25) is 4.79 Å². The summed E-state index contributed by atoms with van der Waals surface area (Å²) in [6.45, 7) is 8.11. The molecule has 0 bridgehead atoms. The molecule has 0 radical (unpaired) electrons. The molecule has 0 spiro atoms. The first-order chi connectivity index (χ1) is 11.2. The molecule has 1 amide bonds. The Morgan fingerprint density at radius 3 is 2.33 bits per heavy atom. The quantitative estimate of drug-likeness (QED) is 0.903. The Morgan fingerprint density at radius 2 is 1.83 bits per heavy atom. The Bertz CT molecular complexity index is 694. The number of amides is 1. The molecular formula is C19H27N3O2. The van der Waals surface area contributed by atoms with Gasteiger partial charge in [-0.2, -0.15) is 0 Å². The predicted octanol–water partition coefficient (Wildman–Crippen LogP) is 3.92. The van der Waals surface area contributed by atoms with Crippen molar-refractivity contribution in [3.05, 3.63) is 41.6 Å². The van der Waals surface area contributed by atoms with Crippen molar-refractivity contribution in [3.63, 3.8) is 0 Å². The number of nitrogens with zero attached hydrogens (tertiary/aromatic N) is 2. The van der Waals surface area contributed by atoms with E-state index in [1.165, 1.54) is 0 Å². The fourth-order valence-corrected chi connectivity index (χ4v) is 2.27. The summed E-state index contributed by atoms with van der Waals surface area (Å²) in [4.78, 5) is 18.6. The zero-order valence-electron chi connectivity index (χ0n) is 15.4. The molecule has 0 atom stereocenters. The highest BCUT2D eigenvalue weighted by Crippen LogP contribution is 2.24. The number of aryl methyl sites for hydroxylation is 2. The second kappa shape index (κ2) is 7.07. The van der Waals surface area contributed by atoms with E-state index in [9.17, 15) is 4.79 Å². The van der Waals surface area contributed by atoms with Crippen LogP contribution in [-0.2, 0) is 16.6 Å². The first-order valence-electron chi connectivity index (χ1n) is 8.21. The van der Waals surface area contributed by atoms with Crippen molar-refractivity contribution in [2.75, 3.05) is 24.3 Å². The highest BCUT2D eigenvalue weighted by Gasteiger charge is 2.22. The standard InChI is InChI=1S/C19H27N3O2/c1-13-16(24-18(20-13)19(2,3)4)11-12-17(23)21-14-7-9-15(10-8-14)22(5)6/h7-10H,11-12H2,1-6H3,(H,21,23). The van der Waals surface area contributed by atoms with E-state index in [-0.39, 0.29) is 11.3 Å². The first-order valence-corrected chi connectivity index (χ1v) is 8.21. The van der Waals surface area contributed by atoms with Crippen molar-refractivity contribution in [2.24, 2.45) is 0 Å². The molecule has 0 saturated carbocycles. The molecule has 0 aliphatic heterocycles. The van der Waals surface area contributed by atoms with Crippen LogP contribution in [0.4, 0.5) is 11.4 Å². The van der Waals surface area contributed by atoms with Crippen molar-refractivity contribution in [1.29, 1.82) is 0 Å². The van der Waals surface area contributed by atoms with Gasteiger partial charge in [0.15, 0.2) is 5.89 Å². The number of carbonyl (C=O) groups is 1. The normalized spacial score (nSPS) is 11.4. The summed E-state index contributed by atoms with van der Waals surface area (Å²) in [6.07, 6.45) is 0.922. The summed E-state index contributed by atoms with van der Waals surface area (Å²) in [5, 5.41) is 2.92. The summed E-state index contributed by atoms with van der Waals surface area (Å²) in [5.41, 5.74) is 2.64. The van der Waals surface area contributed by atoms with Crippen molar-refractivity contribution >= 4 is 17.3 Å². The molecular weight excluding hydrogens is 302 g/mol.